The van der Waals surface area contributed by atoms with Gasteiger partial charge in [-0.3, -0.25) is 10.1 Å². The molecule has 8 nitrogen and oxygen atoms in total. The number of thioether (sulfide) groups is 1. The average molecular weight is 407 g/mol. The van der Waals surface area contributed by atoms with Gasteiger partial charge in [0.1, 0.15) is 5.52 Å². The zero-order valence-corrected chi connectivity index (χ0v) is 16.5. The van der Waals surface area contributed by atoms with Crippen LogP contribution in [0.5, 0.6) is 0 Å². The summed E-state index contributed by atoms with van der Waals surface area (Å²) >= 11 is 1.30. The van der Waals surface area contributed by atoms with E-state index in [1.54, 1.807) is 18.2 Å². The molecule has 0 aliphatic rings. The van der Waals surface area contributed by atoms with Crippen molar-refractivity contribution in [1.29, 1.82) is 0 Å². The van der Waals surface area contributed by atoms with Crippen LogP contribution in [0.2, 0.25) is 0 Å². The van der Waals surface area contributed by atoms with Gasteiger partial charge in [-0.05, 0) is 30.7 Å². The number of hydrogen-bond acceptors (Lipinski definition) is 7. The van der Waals surface area contributed by atoms with Gasteiger partial charge in [0, 0.05) is 31.5 Å². The number of oxazole rings is 1. The van der Waals surface area contributed by atoms with Crippen molar-refractivity contribution in [2.75, 3.05) is 14.1 Å². The van der Waals surface area contributed by atoms with Crippen molar-refractivity contribution in [2.24, 2.45) is 0 Å². The summed E-state index contributed by atoms with van der Waals surface area (Å²) in [6.07, 6.45) is 0. The number of nitro groups is 1. The lowest BCUT2D eigenvalue weighted by Gasteiger charge is -2.10. The van der Waals surface area contributed by atoms with Crippen LogP contribution in [0.1, 0.15) is 17.7 Å². The molecule has 1 aromatic heterocycles. The van der Waals surface area contributed by atoms with Crippen molar-refractivity contribution >= 4 is 38.6 Å². The number of non-ortho nitro benzene ring substituents is 1. The van der Waals surface area contributed by atoms with Gasteiger partial charge in [-0.2, -0.15) is 0 Å². The van der Waals surface area contributed by atoms with Crippen LogP contribution in [0, 0.1) is 10.1 Å². The van der Waals surface area contributed by atoms with Gasteiger partial charge >= 0.3 is 0 Å². The maximum atomic E-state index is 12.2. The first-order chi connectivity index (χ1) is 12.7. The molecule has 0 bridgehead atoms. The SMILES string of the molecule is C[C@H](Sc1nc2cc(S(=O)(=O)N(C)C)ccc2o1)c1cccc([N+](=O)[O-])c1. The summed E-state index contributed by atoms with van der Waals surface area (Å²) in [5.74, 6) is 0. The van der Waals surface area contributed by atoms with Crippen LogP contribution >= 0.6 is 11.8 Å². The summed E-state index contributed by atoms with van der Waals surface area (Å²) in [4.78, 5) is 15.0. The average Bonchev–Trinajstić information content (AvgIpc) is 3.02. The highest BCUT2D eigenvalue weighted by molar-refractivity contribution is 7.99. The Kier molecular flexibility index (Phi) is 5.22. The van der Waals surface area contributed by atoms with Gasteiger partial charge in [0.25, 0.3) is 10.9 Å². The van der Waals surface area contributed by atoms with Crippen molar-refractivity contribution in [1.82, 2.24) is 9.29 Å². The van der Waals surface area contributed by atoms with Gasteiger partial charge in [-0.1, -0.05) is 23.9 Å². The highest BCUT2D eigenvalue weighted by atomic mass is 32.2. The minimum atomic E-state index is -3.56. The quantitative estimate of drug-likeness (QED) is 0.347. The molecule has 0 N–H and O–H groups in total. The molecule has 0 aliphatic carbocycles. The fourth-order valence-corrected chi connectivity index (χ4v) is 4.21. The van der Waals surface area contributed by atoms with E-state index in [0.717, 1.165) is 9.87 Å². The van der Waals surface area contributed by atoms with Crippen LogP contribution in [-0.2, 0) is 10.0 Å². The normalized spacial score (nSPS) is 13.2. The van der Waals surface area contributed by atoms with Crippen molar-refractivity contribution in [3.05, 3.63) is 58.1 Å². The molecule has 0 saturated carbocycles. The van der Waals surface area contributed by atoms with E-state index in [1.165, 1.54) is 50.1 Å². The number of benzene rings is 2. The Hall–Kier alpha value is -2.43. The maximum Gasteiger partial charge on any atom is 0.269 e. The van der Waals surface area contributed by atoms with Crippen LogP contribution in [0.15, 0.2) is 57.0 Å². The van der Waals surface area contributed by atoms with Crippen LogP contribution in [0.3, 0.4) is 0 Å². The molecule has 0 amide bonds. The first-order valence-corrected chi connectivity index (χ1v) is 10.2. The van der Waals surface area contributed by atoms with Crippen molar-refractivity contribution in [2.45, 2.75) is 22.3 Å². The Morgan fingerprint density at radius 3 is 2.63 bits per heavy atom. The van der Waals surface area contributed by atoms with Crippen LogP contribution in [-0.4, -0.2) is 36.7 Å². The third kappa shape index (κ3) is 3.97. The predicted molar refractivity (Wildman–Crippen MR) is 102 cm³/mol. The molecule has 3 aromatic rings. The molecular weight excluding hydrogens is 390 g/mol. The van der Waals surface area contributed by atoms with Gasteiger partial charge in [-0.25, -0.2) is 17.7 Å². The minimum absolute atomic E-state index is 0.0241. The predicted octanol–water partition coefficient (Wildman–Crippen LogP) is 3.84. The van der Waals surface area contributed by atoms with E-state index in [4.69, 9.17) is 4.42 Å². The molecule has 0 aliphatic heterocycles. The Morgan fingerprint density at radius 2 is 1.96 bits per heavy atom. The molecule has 0 radical (unpaired) electrons. The molecule has 3 rings (SSSR count). The molecule has 0 fully saturated rings. The van der Waals surface area contributed by atoms with Crippen molar-refractivity contribution in [3.63, 3.8) is 0 Å². The molecule has 27 heavy (non-hydrogen) atoms. The second kappa shape index (κ2) is 7.29. The summed E-state index contributed by atoms with van der Waals surface area (Å²) in [5.41, 5.74) is 1.71. The Bertz CT molecular complexity index is 1110. The number of hydrogen-bond donors (Lipinski definition) is 0. The first-order valence-electron chi connectivity index (χ1n) is 7.92. The molecule has 142 valence electrons. The van der Waals surface area contributed by atoms with Gasteiger partial charge < -0.3 is 4.42 Å². The second-order valence-corrected chi connectivity index (χ2v) is 9.45. The Labute approximate surface area is 160 Å². The minimum Gasteiger partial charge on any atom is -0.431 e. The topological polar surface area (TPSA) is 107 Å². The molecule has 2 aromatic carbocycles. The molecular formula is C17H17N3O5S2. The van der Waals surface area contributed by atoms with Gasteiger partial charge in [-0.15, -0.1) is 0 Å². The highest BCUT2D eigenvalue weighted by Gasteiger charge is 2.20. The number of aromatic nitrogens is 1. The standard InChI is InChI=1S/C17H17N3O5S2/c1-11(12-5-4-6-13(9-12)20(21)22)26-17-18-15-10-14(7-8-16(15)25-17)27(23,24)19(2)3/h4-11H,1-3H3/t11-/m0/s1. The number of nitrogens with zero attached hydrogens (tertiary/aromatic N) is 3. The number of sulfonamides is 1. The highest BCUT2D eigenvalue weighted by Crippen LogP contribution is 2.37. The largest absolute Gasteiger partial charge is 0.431 e. The lowest BCUT2D eigenvalue weighted by molar-refractivity contribution is -0.384. The summed E-state index contributed by atoms with van der Waals surface area (Å²) in [6, 6.07) is 10.9. The van der Waals surface area contributed by atoms with E-state index in [9.17, 15) is 18.5 Å². The van der Waals surface area contributed by atoms with Crippen LogP contribution in [0.4, 0.5) is 5.69 Å². The maximum absolute atomic E-state index is 12.2. The first kappa shape index (κ1) is 19.3. The number of rotatable bonds is 6. The third-order valence-corrected chi connectivity index (χ3v) is 6.76. The number of fused-ring (bicyclic) bond motifs is 1. The van der Waals surface area contributed by atoms with E-state index in [-0.39, 0.29) is 15.8 Å². The molecule has 0 spiro atoms. The van der Waals surface area contributed by atoms with E-state index in [0.29, 0.717) is 16.3 Å². The van der Waals surface area contributed by atoms with E-state index in [2.05, 4.69) is 4.98 Å². The fourth-order valence-electron chi connectivity index (χ4n) is 2.42. The van der Waals surface area contributed by atoms with E-state index in [1.807, 2.05) is 6.92 Å². The molecule has 10 heteroatoms. The fraction of sp³-hybridized carbons (Fsp3) is 0.235. The zero-order valence-electron chi connectivity index (χ0n) is 14.8. The summed E-state index contributed by atoms with van der Waals surface area (Å²) < 4.78 is 31.3. The lowest BCUT2D eigenvalue weighted by atomic mass is 10.1. The molecule has 0 saturated heterocycles. The van der Waals surface area contributed by atoms with Crippen molar-refractivity contribution in [3.8, 4) is 0 Å². The van der Waals surface area contributed by atoms with Crippen LogP contribution in [0.25, 0.3) is 11.1 Å². The zero-order chi connectivity index (χ0) is 19.8. The monoisotopic (exact) mass is 407 g/mol. The second-order valence-electron chi connectivity index (χ2n) is 6.01. The third-order valence-electron chi connectivity index (χ3n) is 3.95. The molecule has 1 heterocycles. The van der Waals surface area contributed by atoms with Gasteiger partial charge in [0.15, 0.2) is 5.58 Å². The van der Waals surface area contributed by atoms with Gasteiger partial charge in [0.05, 0.1) is 9.82 Å². The van der Waals surface area contributed by atoms with Crippen LogP contribution < -0.4 is 0 Å². The van der Waals surface area contributed by atoms with E-state index < -0.39 is 14.9 Å². The Morgan fingerprint density at radius 1 is 1.22 bits per heavy atom. The molecule has 1 atom stereocenters. The Balaban J connectivity index is 1.87. The van der Waals surface area contributed by atoms with E-state index >= 15 is 0 Å². The smallest absolute Gasteiger partial charge is 0.269 e. The van der Waals surface area contributed by atoms with Crippen molar-refractivity contribution < 1.29 is 17.8 Å². The summed E-state index contributed by atoms with van der Waals surface area (Å²) in [7, 11) is -0.632. The number of nitro benzene ring substituents is 1. The summed E-state index contributed by atoms with van der Waals surface area (Å²) in [5, 5.41) is 11.2. The van der Waals surface area contributed by atoms with Gasteiger partial charge in [0.2, 0.25) is 10.0 Å². The summed E-state index contributed by atoms with van der Waals surface area (Å²) in [6.45, 7) is 1.89. The molecule has 0 unspecified atom stereocenters. The lowest BCUT2D eigenvalue weighted by Crippen LogP contribution is -2.22.